The molecule has 0 N–H and O–H groups in total. The van der Waals surface area contributed by atoms with Gasteiger partial charge in [0.25, 0.3) is 0 Å². The lowest BCUT2D eigenvalue weighted by molar-refractivity contribution is -0.137. The summed E-state index contributed by atoms with van der Waals surface area (Å²) in [6.45, 7) is 2.63. The SMILES string of the molecule is CCOC1CC(c2nc(Cc3cccc(C(F)(F)F)c3)no2)C1. The van der Waals surface area contributed by atoms with Crippen LogP contribution in [-0.4, -0.2) is 22.9 Å². The number of rotatable bonds is 5. The Morgan fingerprint density at radius 3 is 2.78 bits per heavy atom. The van der Waals surface area contributed by atoms with Gasteiger partial charge in [-0.3, -0.25) is 0 Å². The van der Waals surface area contributed by atoms with Gasteiger partial charge in [-0.15, -0.1) is 0 Å². The molecule has 0 aliphatic heterocycles. The quantitative estimate of drug-likeness (QED) is 0.834. The van der Waals surface area contributed by atoms with Crippen LogP contribution < -0.4 is 0 Å². The zero-order valence-corrected chi connectivity index (χ0v) is 12.6. The van der Waals surface area contributed by atoms with Crippen LogP contribution in [0.2, 0.25) is 0 Å². The molecule has 4 nitrogen and oxygen atoms in total. The lowest BCUT2D eigenvalue weighted by Crippen LogP contribution is -2.29. The highest BCUT2D eigenvalue weighted by Crippen LogP contribution is 2.38. The van der Waals surface area contributed by atoms with Gasteiger partial charge in [0, 0.05) is 18.9 Å². The number of aromatic nitrogens is 2. The monoisotopic (exact) mass is 326 g/mol. The average Bonchev–Trinajstić information content (AvgIpc) is 2.89. The molecule has 1 fully saturated rings. The third kappa shape index (κ3) is 3.72. The van der Waals surface area contributed by atoms with Gasteiger partial charge < -0.3 is 9.26 Å². The van der Waals surface area contributed by atoms with Crippen LogP contribution in [-0.2, 0) is 17.3 Å². The minimum atomic E-state index is -4.35. The first-order chi connectivity index (χ1) is 11.0. The molecule has 0 spiro atoms. The summed E-state index contributed by atoms with van der Waals surface area (Å²) in [6.07, 6.45) is -2.20. The maximum absolute atomic E-state index is 12.7. The Bertz CT molecular complexity index is 663. The molecule has 0 saturated heterocycles. The van der Waals surface area contributed by atoms with Crippen molar-refractivity contribution in [2.45, 2.75) is 44.4 Å². The third-order valence-corrected chi connectivity index (χ3v) is 3.95. The van der Waals surface area contributed by atoms with Crippen LogP contribution in [0, 0.1) is 0 Å². The van der Waals surface area contributed by atoms with Crippen LogP contribution in [0.25, 0.3) is 0 Å². The minimum absolute atomic E-state index is 0.189. The second kappa shape index (κ2) is 6.31. The molecule has 23 heavy (non-hydrogen) atoms. The number of nitrogens with zero attached hydrogens (tertiary/aromatic N) is 2. The van der Waals surface area contributed by atoms with E-state index in [0.717, 1.165) is 25.0 Å². The fraction of sp³-hybridized carbons (Fsp3) is 0.500. The van der Waals surface area contributed by atoms with Gasteiger partial charge in [0.2, 0.25) is 5.89 Å². The predicted molar refractivity (Wildman–Crippen MR) is 75.9 cm³/mol. The summed E-state index contributed by atoms with van der Waals surface area (Å²) >= 11 is 0. The van der Waals surface area contributed by atoms with E-state index >= 15 is 0 Å². The van der Waals surface area contributed by atoms with Crippen LogP contribution in [0.15, 0.2) is 28.8 Å². The molecule has 1 aromatic heterocycles. The highest BCUT2D eigenvalue weighted by Gasteiger charge is 2.35. The molecular formula is C16H17F3N2O2. The molecule has 3 rings (SSSR count). The molecule has 1 heterocycles. The first kappa shape index (κ1) is 16.0. The summed E-state index contributed by atoms with van der Waals surface area (Å²) in [7, 11) is 0. The third-order valence-electron chi connectivity index (χ3n) is 3.95. The van der Waals surface area contributed by atoms with E-state index in [1.807, 2.05) is 6.92 Å². The van der Waals surface area contributed by atoms with Crippen molar-refractivity contribution >= 4 is 0 Å². The van der Waals surface area contributed by atoms with Gasteiger partial charge in [0.15, 0.2) is 5.82 Å². The number of benzene rings is 1. The van der Waals surface area contributed by atoms with Crippen molar-refractivity contribution in [2.75, 3.05) is 6.61 Å². The molecule has 1 aliphatic carbocycles. The molecule has 0 unspecified atom stereocenters. The number of ether oxygens (including phenoxy) is 1. The first-order valence-electron chi connectivity index (χ1n) is 7.56. The van der Waals surface area contributed by atoms with E-state index in [4.69, 9.17) is 9.26 Å². The summed E-state index contributed by atoms with van der Waals surface area (Å²) in [5, 5.41) is 3.87. The predicted octanol–water partition coefficient (Wildman–Crippen LogP) is 3.96. The fourth-order valence-electron chi connectivity index (χ4n) is 2.68. The van der Waals surface area contributed by atoms with Crippen molar-refractivity contribution in [1.82, 2.24) is 10.1 Å². The van der Waals surface area contributed by atoms with E-state index in [-0.39, 0.29) is 18.4 Å². The Labute approximate surface area is 131 Å². The lowest BCUT2D eigenvalue weighted by atomic mass is 9.82. The maximum atomic E-state index is 12.7. The molecule has 1 aliphatic rings. The maximum Gasteiger partial charge on any atom is 0.416 e. The van der Waals surface area contributed by atoms with Gasteiger partial charge in [-0.1, -0.05) is 23.4 Å². The first-order valence-corrected chi connectivity index (χ1v) is 7.56. The molecule has 0 atom stereocenters. The number of hydrogen-bond donors (Lipinski definition) is 0. The van der Waals surface area contributed by atoms with E-state index < -0.39 is 11.7 Å². The van der Waals surface area contributed by atoms with Gasteiger partial charge in [-0.25, -0.2) is 0 Å². The highest BCUT2D eigenvalue weighted by molar-refractivity contribution is 5.27. The Hall–Kier alpha value is -1.89. The van der Waals surface area contributed by atoms with Gasteiger partial charge in [-0.2, -0.15) is 18.2 Å². The van der Waals surface area contributed by atoms with Crippen LogP contribution >= 0.6 is 0 Å². The standard InChI is InChI=1S/C16H17F3N2O2/c1-2-22-13-8-11(9-13)15-20-14(21-23-15)7-10-4-3-5-12(6-10)16(17,18)19/h3-6,11,13H,2,7-9H2,1H3. The second-order valence-electron chi connectivity index (χ2n) is 5.67. The van der Waals surface area contributed by atoms with E-state index in [1.165, 1.54) is 6.07 Å². The summed E-state index contributed by atoms with van der Waals surface area (Å²) in [6, 6.07) is 5.18. The summed E-state index contributed by atoms with van der Waals surface area (Å²) < 4.78 is 48.8. The van der Waals surface area contributed by atoms with Crippen molar-refractivity contribution < 1.29 is 22.4 Å². The lowest BCUT2D eigenvalue weighted by Gasteiger charge is -2.32. The normalized spacial score (nSPS) is 21.2. The topological polar surface area (TPSA) is 48.2 Å². The van der Waals surface area contributed by atoms with Crippen LogP contribution in [0.4, 0.5) is 13.2 Å². The zero-order valence-electron chi connectivity index (χ0n) is 12.6. The number of halogens is 3. The second-order valence-corrected chi connectivity index (χ2v) is 5.67. The van der Waals surface area contributed by atoms with E-state index in [0.29, 0.717) is 23.9 Å². The molecular weight excluding hydrogens is 309 g/mol. The summed E-state index contributed by atoms with van der Waals surface area (Å²) in [4.78, 5) is 4.30. The van der Waals surface area contributed by atoms with E-state index in [1.54, 1.807) is 6.07 Å². The Kier molecular flexibility index (Phi) is 4.39. The average molecular weight is 326 g/mol. The van der Waals surface area contributed by atoms with Crippen LogP contribution in [0.3, 0.4) is 0 Å². The minimum Gasteiger partial charge on any atom is -0.378 e. The molecule has 0 radical (unpaired) electrons. The Balaban J connectivity index is 1.64. The van der Waals surface area contributed by atoms with Crippen molar-refractivity contribution in [3.8, 4) is 0 Å². The molecule has 1 aromatic carbocycles. The van der Waals surface area contributed by atoms with Crippen LogP contribution in [0.5, 0.6) is 0 Å². The number of alkyl halides is 3. The number of hydrogen-bond acceptors (Lipinski definition) is 4. The molecule has 7 heteroatoms. The van der Waals surface area contributed by atoms with Crippen molar-refractivity contribution in [3.05, 3.63) is 47.1 Å². The smallest absolute Gasteiger partial charge is 0.378 e. The van der Waals surface area contributed by atoms with Gasteiger partial charge in [0.1, 0.15) is 0 Å². The molecule has 0 bridgehead atoms. The highest BCUT2D eigenvalue weighted by atomic mass is 19.4. The van der Waals surface area contributed by atoms with Crippen molar-refractivity contribution in [2.24, 2.45) is 0 Å². The van der Waals surface area contributed by atoms with Crippen molar-refractivity contribution in [3.63, 3.8) is 0 Å². The molecule has 1 saturated carbocycles. The van der Waals surface area contributed by atoms with Crippen molar-refractivity contribution in [1.29, 1.82) is 0 Å². The Morgan fingerprint density at radius 1 is 1.30 bits per heavy atom. The molecule has 2 aromatic rings. The largest absolute Gasteiger partial charge is 0.416 e. The van der Waals surface area contributed by atoms with Gasteiger partial charge in [0.05, 0.1) is 11.7 Å². The Morgan fingerprint density at radius 2 is 2.09 bits per heavy atom. The molecule has 124 valence electrons. The summed E-state index contributed by atoms with van der Waals surface area (Å²) in [5.41, 5.74) is -0.162. The van der Waals surface area contributed by atoms with Crippen LogP contribution in [0.1, 0.15) is 48.5 Å². The molecule has 0 amide bonds. The van der Waals surface area contributed by atoms with E-state index in [2.05, 4.69) is 10.1 Å². The van der Waals surface area contributed by atoms with E-state index in [9.17, 15) is 13.2 Å². The van der Waals surface area contributed by atoms with Gasteiger partial charge >= 0.3 is 6.18 Å². The summed E-state index contributed by atoms with van der Waals surface area (Å²) in [5.74, 6) is 1.14. The zero-order chi connectivity index (χ0) is 16.4. The van der Waals surface area contributed by atoms with Gasteiger partial charge in [-0.05, 0) is 31.4 Å². The fourth-order valence-corrected chi connectivity index (χ4v) is 2.68.